The van der Waals surface area contributed by atoms with Crippen molar-refractivity contribution in [3.63, 3.8) is 0 Å². The van der Waals surface area contributed by atoms with Crippen LogP contribution in [0, 0.1) is 0 Å². The van der Waals surface area contributed by atoms with E-state index in [1.807, 2.05) is 0 Å². The van der Waals surface area contributed by atoms with Crippen molar-refractivity contribution in [2.24, 2.45) is 0 Å². The summed E-state index contributed by atoms with van der Waals surface area (Å²) in [7, 11) is -3.90. The van der Waals surface area contributed by atoms with E-state index in [2.05, 4.69) is 4.12 Å². The molecule has 0 amide bonds. The summed E-state index contributed by atoms with van der Waals surface area (Å²) < 4.78 is 48.9. The highest BCUT2D eigenvalue weighted by Crippen LogP contribution is 1.92. The van der Waals surface area contributed by atoms with Crippen LogP contribution >= 0.6 is 0 Å². The number of alkyl halides is 4. The van der Waals surface area contributed by atoms with E-state index in [0.717, 1.165) is 0 Å². The van der Waals surface area contributed by atoms with E-state index >= 15 is 0 Å². The van der Waals surface area contributed by atoms with E-state index in [0.29, 0.717) is 0 Å². The van der Waals surface area contributed by atoms with Crippen LogP contribution in [0.25, 0.3) is 0 Å². The summed E-state index contributed by atoms with van der Waals surface area (Å²) in [6.45, 7) is 0. The van der Waals surface area contributed by atoms with E-state index < -0.39 is 31.6 Å². The van der Waals surface area contributed by atoms with E-state index in [4.69, 9.17) is 0 Å². The summed E-state index contributed by atoms with van der Waals surface area (Å²) in [6.07, 6.45) is 0. The van der Waals surface area contributed by atoms with Gasteiger partial charge in [0.25, 0.3) is 0 Å². The van der Waals surface area contributed by atoms with Gasteiger partial charge in [0.2, 0.25) is 31.6 Å². The van der Waals surface area contributed by atoms with Crippen molar-refractivity contribution in [2.75, 3.05) is 0 Å². The number of hydrogen-bond acceptors (Lipinski definition) is 1. The molecule has 0 rings (SSSR count). The van der Waals surface area contributed by atoms with Gasteiger partial charge >= 0.3 is 0 Å². The fourth-order valence-electron chi connectivity index (χ4n) is 0.246. The molecule has 0 aliphatic carbocycles. The Morgan fingerprint density at radius 1 is 0.889 bits per heavy atom. The van der Waals surface area contributed by atoms with Gasteiger partial charge in [-0.3, -0.25) is 0 Å². The van der Waals surface area contributed by atoms with Crippen molar-refractivity contribution in [1.82, 2.24) is 0 Å². The van der Waals surface area contributed by atoms with E-state index in [1.165, 1.54) is 0 Å². The van der Waals surface area contributed by atoms with Gasteiger partial charge in [-0.15, -0.1) is 0 Å². The zero-order valence-corrected chi connectivity index (χ0v) is 7.32. The molecule has 0 aromatic rings. The van der Waals surface area contributed by atoms with Gasteiger partial charge in [0.15, 0.2) is 0 Å². The first kappa shape index (κ1) is 9.11. The van der Waals surface area contributed by atoms with Gasteiger partial charge in [-0.25, -0.2) is 17.6 Å². The minimum Gasteiger partial charge on any atom is -0.457 e. The lowest BCUT2D eigenvalue weighted by molar-refractivity contribution is 0.208. The molecule has 0 N–H and O–H groups in total. The fourth-order valence-corrected chi connectivity index (χ4v) is 2.22. The van der Waals surface area contributed by atoms with Crippen molar-refractivity contribution in [3.8, 4) is 0 Å². The van der Waals surface area contributed by atoms with Gasteiger partial charge in [-0.1, -0.05) is 0 Å². The van der Waals surface area contributed by atoms with Crippen molar-refractivity contribution in [2.45, 2.75) is 12.1 Å². The van der Waals surface area contributed by atoms with Crippen molar-refractivity contribution < 1.29 is 21.7 Å². The quantitative estimate of drug-likeness (QED) is 0.421. The Morgan fingerprint density at radius 2 is 1.22 bits per heavy atom. The molecule has 0 aliphatic heterocycles. The molecule has 0 heterocycles. The average Bonchev–Trinajstić information content (AvgIpc) is 1.63. The number of rotatable bonds is 4. The molecule has 9 heavy (non-hydrogen) atoms. The molecule has 0 saturated carbocycles. The summed E-state index contributed by atoms with van der Waals surface area (Å²) in [6, 6.07) is -4.98. The van der Waals surface area contributed by atoms with Crippen LogP contribution in [-0.4, -0.2) is 31.6 Å². The van der Waals surface area contributed by atoms with Crippen LogP contribution in [0.4, 0.5) is 17.6 Å². The highest BCUT2D eigenvalue weighted by atomic mass is 28.3. The summed E-state index contributed by atoms with van der Waals surface area (Å²) in [5.74, 6) is 0. The normalized spacial score (nSPS) is 14.0. The zero-order chi connectivity index (χ0) is 7.28. The monoisotopic (exact) mass is 178 g/mol. The molecular weight excluding hydrogens is 172 g/mol. The molecule has 0 aliphatic rings. The Kier molecular flexibility index (Phi) is 5.01. The first-order valence-corrected chi connectivity index (χ1v) is 5.05. The lowest BCUT2D eigenvalue weighted by Gasteiger charge is -1.99. The zero-order valence-electron chi connectivity index (χ0n) is 4.49. The predicted molar refractivity (Wildman–Crippen MR) is 30.2 cm³/mol. The van der Waals surface area contributed by atoms with Crippen LogP contribution in [-0.2, 0) is 4.12 Å². The van der Waals surface area contributed by atoms with Gasteiger partial charge in [0, 0.05) is 0 Å². The van der Waals surface area contributed by atoms with Gasteiger partial charge in [0.05, 0.1) is 0 Å². The molecule has 0 unspecified atom stereocenters. The minimum atomic E-state index is -2.49. The van der Waals surface area contributed by atoms with E-state index in [1.54, 1.807) is 0 Å². The topological polar surface area (TPSA) is 9.23 Å². The van der Waals surface area contributed by atoms with Gasteiger partial charge in [0.1, 0.15) is 0 Å². The summed E-state index contributed by atoms with van der Waals surface area (Å²) in [5, 5.41) is 0. The minimum absolute atomic E-state index is 1.95. The third-order valence-electron chi connectivity index (χ3n) is 0.488. The number of halogens is 4. The van der Waals surface area contributed by atoms with Crippen LogP contribution in [0.5, 0.6) is 0 Å². The SMILES string of the molecule is FC(F)[SiH2]O[SiH2]C(F)F. The second kappa shape index (κ2) is 4.94. The van der Waals surface area contributed by atoms with Crippen LogP contribution in [0.2, 0.25) is 0 Å². The maximum absolute atomic E-state index is 11.2. The smallest absolute Gasteiger partial charge is 0.241 e. The Morgan fingerprint density at radius 3 is 1.44 bits per heavy atom. The van der Waals surface area contributed by atoms with Gasteiger partial charge < -0.3 is 4.12 Å². The molecule has 0 spiro atoms. The van der Waals surface area contributed by atoms with Crippen molar-refractivity contribution in [3.05, 3.63) is 0 Å². The summed E-state index contributed by atoms with van der Waals surface area (Å²) in [5.41, 5.74) is 0. The predicted octanol–water partition coefficient (Wildman–Crippen LogP) is -0.384. The largest absolute Gasteiger partial charge is 0.457 e. The molecule has 0 bridgehead atoms. The lowest BCUT2D eigenvalue weighted by atomic mass is 11.7. The van der Waals surface area contributed by atoms with E-state index in [-0.39, 0.29) is 0 Å². The average molecular weight is 178 g/mol. The van der Waals surface area contributed by atoms with Crippen LogP contribution in [0.1, 0.15) is 0 Å². The maximum atomic E-state index is 11.2. The number of hydrogen-bond donors (Lipinski definition) is 0. The van der Waals surface area contributed by atoms with Crippen LogP contribution in [0.3, 0.4) is 0 Å². The maximum Gasteiger partial charge on any atom is 0.241 e. The molecule has 1 nitrogen and oxygen atoms in total. The first-order chi connectivity index (χ1) is 4.13. The standard InChI is InChI=1S/C2H6F4OSi2/c3-1(4)8-7-9-2(5)6/h1-2H,8-9H2. The molecule has 7 heteroatoms. The van der Waals surface area contributed by atoms with Crippen molar-refractivity contribution in [1.29, 1.82) is 0 Å². The summed E-state index contributed by atoms with van der Waals surface area (Å²) >= 11 is 0. The molecular formula is C2H6F4OSi2. The third-order valence-corrected chi connectivity index (χ3v) is 2.88. The van der Waals surface area contributed by atoms with Crippen molar-refractivity contribution >= 4 is 19.5 Å². The Hall–Kier alpha value is 0.114. The molecule has 0 aromatic carbocycles. The van der Waals surface area contributed by atoms with Gasteiger partial charge in [-0.05, 0) is 0 Å². The van der Waals surface area contributed by atoms with Crippen LogP contribution in [0.15, 0.2) is 0 Å². The molecule has 0 radical (unpaired) electrons. The molecule has 0 atom stereocenters. The molecule has 0 saturated heterocycles. The lowest BCUT2D eigenvalue weighted by Crippen LogP contribution is -2.17. The fraction of sp³-hybridized carbons (Fsp3) is 1.00. The highest BCUT2D eigenvalue weighted by Gasteiger charge is 2.07. The third kappa shape index (κ3) is 8.11. The molecule has 56 valence electrons. The second-order valence-electron chi connectivity index (χ2n) is 1.32. The highest BCUT2D eigenvalue weighted by molar-refractivity contribution is 6.43. The van der Waals surface area contributed by atoms with E-state index in [9.17, 15) is 17.6 Å². The second-order valence-corrected chi connectivity index (χ2v) is 4.85. The summed E-state index contributed by atoms with van der Waals surface area (Å²) in [4.78, 5) is 0. The Labute approximate surface area is 54.3 Å². The van der Waals surface area contributed by atoms with Gasteiger partial charge in [-0.2, -0.15) is 0 Å². The Bertz CT molecular complexity index is 61.6. The Balaban J connectivity index is 2.91. The first-order valence-electron chi connectivity index (χ1n) is 2.27. The van der Waals surface area contributed by atoms with Crippen LogP contribution < -0.4 is 0 Å². The molecule has 0 fully saturated rings. The molecule has 0 aromatic heterocycles.